The number of rotatable bonds is 9. The first kappa shape index (κ1) is 27.4. The topological polar surface area (TPSA) is 96.9 Å². The molecule has 210 valence electrons. The first-order valence-corrected chi connectivity index (χ1v) is 13.9. The Morgan fingerprint density at radius 3 is 2.60 bits per heavy atom. The lowest BCUT2D eigenvalue weighted by Gasteiger charge is -2.35. The zero-order chi connectivity index (χ0) is 28.4. The van der Waals surface area contributed by atoms with Crippen molar-refractivity contribution in [2.24, 2.45) is 0 Å². The van der Waals surface area contributed by atoms with E-state index in [4.69, 9.17) is 14.5 Å². The van der Waals surface area contributed by atoms with Gasteiger partial charge in [-0.25, -0.2) is 9.97 Å². The normalized spacial score (nSPS) is 18.4. The molecule has 0 unspecified atom stereocenters. The van der Waals surface area contributed by atoms with Gasteiger partial charge in [0, 0.05) is 48.9 Å². The van der Waals surface area contributed by atoms with E-state index in [9.17, 15) is 9.59 Å². The molecule has 0 spiro atoms. The van der Waals surface area contributed by atoms with Crippen molar-refractivity contribution in [3.63, 3.8) is 0 Å². The first-order chi connectivity index (χ1) is 19.4. The summed E-state index contributed by atoms with van der Waals surface area (Å²) in [5.74, 6) is 1.85. The second kappa shape index (κ2) is 11.5. The number of carbonyl (C=O) groups is 2. The first-order valence-electron chi connectivity index (χ1n) is 13.9. The highest BCUT2D eigenvalue weighted by molar-refractivity contribution is 5.93. The molecule has 3 heterocycles. The molecule has 0 saturated carbocycles. The summed E-state index contributed by atoms with van der Waals surface area (Å²) >= 11 is 0. The van der Waals surface area contributed by atoms with Crippen LogP contribution in [0.25, 0.3) is 22.0 Å². The van der Waals surface area contributed by atoms with Gasteiger partial charge in [0.1, 0.15) is 17.5 Å². The Balaban J connectivity index is 1.41. The number of nitrogens with one attached hydrogen (secondary N) is 1. The third-order valence-corrected chi connectivity index (χ3v) is 7.96. The molecule has 3 aromatic rings. The predicted octanol–water partition coefficient (Wildman–Crippen LogP) is 4.37. The molecule has 2 aliphatic rings. The van der Waals surface area contributed by atoms with Crippen LogP contribution in [0.5, 0.6) is 11.5 Å². The number of likely N-dealkylation sites (tertiary alicyclic amines) is 2. The van der Waals surface area contributed by atoms with E-state index in [1.54, 1.807) is 19.1 Å². The van der Waals surface area contributed by atoms with Gasteiger partial charge < -0.3 is 24.6 Å². The second-order valence-electron chi connectivity index (χ2n) is 10.4. The van der Waals surface area contributed by atoms with Gasteiger partial charge in [0.25, 0.3) is 0 Å². The summed E-state index contributed by atoms with van der Waals surface area (Å²) in [5, 5.41) is 4.27. The SMILES string of the molecule is C=CC(=O)N1C[C@@H](Nc2ncc3cc(-c4c(C)c(OC)cc(OC)c4CCC)ccc3n2)C[C@H]1C(=O)N1CCC1. The molecular weight excluding hydrogens is 506 g/mol. The van der Waals surface area contributed by atoms with E-state index < -0.39 is 6.04 Å². The molecule has 0 radical (unpaired) electrons. The quantitative estimate of drug-likeness (QED) is 0.400. The third kappa shape index (κ3) is 5.08. The van der Waals surface area contributed by atoms with Crippen molar-refractivity contribution in [3.8, 4) is 22.6 Å². The van der Waals surface area contributed by atoms with Crippen LogP contribution in [-0.4, -0.2) is 77.5 Å². The maximum Gasteiger partial charge on any atom is 0.246 e. The minimum atomic E-state index is -0.494. The minimum Gasteiger partial charge on any atom is -0.496 e. The second-order valence-corrected chi connectivity index (χ2v) is 10.4. The van der Waals surface area contributed by atoms with Crippen LogP contribution in [0.2, 0.25) is 0 Å². The Bertz CT molecular complexity index is 1450. The fourth-order valence-electron chi connectivity index (χ4n) is 5.79. The van der Waals surface area contributed by atoms with Gasteiger partial charge >= 0.3 is 0 Å². The lowest BCUT2D eigenvalue weighted by Crippen LogP contribution is -2.52. The van der Waals surface area contributed by atoms with E-state index in [0.29, 0.717) is 18.9 Å². The number of nitrogens with zero attached hydrogens (tertiary/aromatic N) is 4. The van der Waals surface area contributed by atoms with Crippen LogP contribution in [0.4, 0.5) is 5.95 Å². The summed E-state index contributed by atoms with van der Waals surface area (Å²) < 4.78 is 11.4. The molecule has 0 bridgehead atoms. The molecule has 2 aromatic carbocycles. The monoisotopic (exact) mass is 543 g/mol. The average Bonchev–Trinajstić information content (AvgIpc) is 3.35. The van der Waals surface area contributed by atoms with Gasteiger partial charge in [-0.2, -0.15) is 0 Å². The van der Waals surface area contributed by atoms with Crippen molar-refractivity contribution < 1.29 is 19.1 Å². The van der Waals surface area contributed by atoms with E-state index >= 15 is 0 Å². The van der Waals surface area contributed by atoms with Gasteiger partial charge in [0.2, 0.25) is 17.8 Å². The molecule has 2 fully saturated rings. The average molecular weight is 544 g/mol. The number of ether oxygens (including phenoxy) is 2. The molecule has 1 aromatic heterocycles. The van der Waals surface area contributed by atoms with Crippen molar-refractivity contribution in [1.29, 1.82) is 0 Å². The van der Waals surface area contributed by atoms with Crippen molar-refractivity contribution in [2.45, 2.75) is 51.6 Å². The number of aromatic nitrogens is 2. The van der Waals surface area contributed by atoms with Gasteiger partial charge in [0.05, 0.1) is 19.7 Å². The number of fused-ring (bicyclic) bond motifs is 1. The van der Waals surface area contributed by atoms with Crippen LogP contribution in [0.1, 0.15) is 37.3 Å². The number of hydrogen-bond donors (Lipinski definition) is 1. The van der Waals surface area contributed by atoms with E-state index in [1.807, 2.05) is 23.2 Å². The van der Waals surface area contributed by atoms with Crippen LogP contribution in [0.3, 0.4) is 0 Å². The van der Waals surface area contributed by atoms with Gasteiger partial charge in [-0.3, -0.25) is 9.59 Å². The van der Waals surface area contributed by atoms with Crippen molar-refractivity contribution in [2.75, 3.05) is 39.2 Å². The Kier molecular flexibility index (Phi) is 7.91. The Morgan fingerprint density at radius 1 is 1.18 bits per heavy atom. The Labute approximate surface area is 235 Å². The van der Waals surface area contributed by atoms with Crippen LogP contribution < -0.4 is 14.8 Å². The Morgan fingerprint density at radius 2 is 1.95 bits per heavy atom. The maximum absolute atomic E-state index is 13.0. The molecule has 9 nitrogen and oxygen atoms in total. The number of methoxy groups -OCH3 is 2. The largest absolute Gasteiger partial charge is 0.496 e. The maximum atomic E-state index is 13.0. The molecule has 2 amide bonds. The highest BCUT2D eigenvalue weighted by atomic mass is 16.5. The third-order valence-electron chi connectivity index (χ3n) is 7.96. The zero-order valence-electron chi connectivity index (χ0n) is 23.7. The number of amides is 2. The van der Waals surface area contributed by atoms with Crippen molar-refractivity contribution in [3.05, 3.63) is 54.2 Å². The highest BCUT2D eigenvalue weighted by Crippen LogP contribution is 2.41. The van der Waals surface area contributed by atoms with Crippen LogP contribution >= 0.6 is 0 Å². The van der Waals surface area contributed by atoms with Crippen molar-refractivity contribution in [1.82, 2.24) is 19.8 Å². The molecule has 9 heteroatoms. The number of carbonyl (C=O) groups excluding carboxylic acids is 2. The fraction of sp³-hybridized carbons (Fsp3) is 0.419. The highest BCUT2D eigenvalue weighted by Gasteiger charge is 2.41. The summed E-state index contributed by atoms with van der Waals surface area (Å²) in [4.78, 5) is 38.2. The molecular formula is C31H37N5O4. The van der Waals surface area contributed by atoms with Crippen molar-refractivity contribution >= 4 is 28.7 Å². The smallest absolute Gasteiger partial charge is 0.246 e. The standard InChI is InChI=1S/C31H37N5O4/c1-6-9-23-27(40-5)16-26(39-4)19(3)29(23)20-10-11-24-21(14-20)17-32-31(34-24)33-22-15-25(30(38)35-12-8-13-35)36(18-22)28(37)7-2/h7,10-11,14,16-17,22,25H,2,6,8-9,12-13,15,18H2,1,3-5H3,(H,32,33,34)/t22-,25-/m0/s1. The molecule has 2 atom stereocenters. The van der Waals surface area contributed by atoms with Crippen LogP contribution in [0.15, 0.2) is 43.1 Å². The molecule has 2 aliphatic heterocycles. The van der Waals surface area contributed by atoms with Gasteiger partial charge in [-0.15, -0.1) is 0 Å². The summed E-state index contributed by atoms with van der Waals surface area (Å²) in [7, 11) is 3.36. The molecule has 1 N–H and O–H groups in total. The molecule has 2 saturated heterocycles. The van der Waals surface area contributed by atoms with Gasteiger partial charge in [0.15, 0.2) is 0 Å². The van der Waals surface area contributed by atoms with Gasteiger partial charge in [-0.1, -0.05) is 26.0 Å². The molecule has 40 heavy (non-hydrogen) atoms. The summed E-state index contributed by atoms with van der Waals surface area (Å²) in [6.07, 6.45) is 6.47. The van der Waals surface area contributed by atoms with Crippen LogP contribution in [-0.2, 0) is 16.0 Å². The van der Waals surface area contributed by atoms with Crippen LogP contribution in [0, 0.1) is 6.92 Å². The predicted molar refractivity (Wildman–Crippen MR) is 156 cm³/mol. The van der Waals surface area contributed by atoms with E-state index in [2.05, 4.69) is 42.9 Å². The number of hydrogen-bond acceptors (Lipinski definition) is 7. The molecule has 5 rings (SSSR count). The summed E-state index contributed by atoms with van der Waals surface area (Å²) in [6, 6.07) is 7.49. The van der Waals surface area contributed by atoms with E-state index in [1.165, 1.54) is 6.08 Å². The fourth-order valence-corrected chi connectivity index (χ4v) is 5.79. The zero-order valence-corrected chi connectivity index (χ0v) is 23.7. The number of anilines is 1. The minimum absolute atomic E-state index is 0.00428. The number of benzene rings is 2. The van der Waals surface area contributed by atoms with E-state index in [-0.39, 0.29) is 17.9 Å². The lowest BCUT2D eigenvalue weighted by atomic mass is 9.90. The van der Waals surface area contributed by atoms with E-state index in [0.717, 1.165) is 77.0 Å². The summed E-state index contributed by atoms with van der Waals surface area (Å²) in [6.45, 7) is 9.74. The summed E-state index contributed by atoms with van der Waals surface area (Å²) in [5.41, 5.74) is 5.18. The van der Waals surface area contributed by atoms with Gasteiger partial charge in [-0.05, 0) is 61.1 Å². The molecule has 0 aliphatic carbocycles. The lowest BCUT2D eigenvalue weighted by molar-refractivity contribution is -0.144. The Hall–Kier alpha value is -4.14.